The third kappa shape index (κ3) is 9.21. The first-order valence-corrected chi connectivity index (χ1v) is 5.33. The summed E-state index contributed by atoms with van der Waals surface area (Å²) in [5.74, 6) is -0.278. The summed E-state index contributed by atoms with van der Waals surface area (Å²) in [5.41, 5.74) is 0. The van der Waals surface area contributed by atoms with Crippen LogP contribution in [-0.4, -0.2) is 38.1 Å². The molecule has 1 amide bonds. The van der Waals surface area contributed by atoms with Crippen LogP contribution in [0, 0.1) is 0 Å². The van der Waals surface area contributed by atoms with E-state index in [-0.39, 0.29) is 18.4 Å². The molecular formula is C10H20N2O3. The maximum Gasteiger partial charge on any atom is 0.307 e. The van der Waals surface area contributed by atoms with E-state index in [4.69, 9.17) is 4.74 Å². The number of amides is 1. The van der Waals surface area contributed by atoms with E-state index >= 15 is 0 Å². The Hall–Kier alpha value is -1.10. The van der Waals surface area contributed by atoms with Gasteiger partial charge in [-0.1, -0.05) is 6.92 Å². The van der Waals surface area contributed by atoms with Gasteiger partial charge in [0.25, 0.3) is 0 Å². The minimum absolute atomic E-state index is 0.0410. The highest BCUT2D eigenvalue weighted by atomic mass is 16.5. The Balaban J connectivity index is 3.30. The standard InChI is InChI=1S/C10H20N2O3/c1-3-6-12-9(13)8-11-7-5-10(14)15-4-2/h11H,3-8H2,1-2H3,(H,12,13). The molecule has 0 atom stereocenters. The van der Waals surface area contributed by atoms with E-state index in [1.54, 1.807) is 6.92 Å². The highest BCUT2D eigenvalue weighted by molar-refractivity contribution is 5.78. The average molecular weight is 216 g/mol. The van der Waals surface area contributed by atoms with Crippen LogP contribution >= 0.6 is 0 Å². The minimum Gasteiger partial charge on any atom is -0.466 e. The SMILES string of the molecule is CCCNC(=O)CNCCC(=O)OCC. The van der Waals surface area contributed by atoms with Crippen molar-refractivity contribution in [2.75, 3.05) is 26.2 Å². The molecule has 0 saturated carbocycles. The molecule has 0 aliphatic rings. The van der Waals surface area contributed by atoms with Gasteiger partial charge in [-0.15, -0.1) is 0 Å². The fourth-order valence-corrected chi connectivity index (χ4v) is 0.952. The summed E-state index contributed by atoms with van der Waals surface area (Å²) in [7, 11) is 0. The molecule has 0 heterocycles. The van der Waals surface area contributed by atoms with E-state index in [0.29, 0.717) is 26.1 Å². The van der Waals surface area contributed by atoms with Crippen molar-refractivity contribution in [2.24, 2.45) is 0 Å². The highest BCUT2D eigenvalue weighted by Gasteiger charge is 2.02. The van der Waals surface area contributed by atoms with Crippen LogP contribution in [0.1, 0.15) is 26.7 Å². The van der Waals surface area contributed by atoms with Gasteiger partial charge in [0.05, 0.1) is 19.6 Å². The van der Waals surface area contributed by atoms with Crippen LogP contribution in [0.25, 0.3) is 0 Å². The van der Waals surface area contributed by atoms with Crippen LogP contribution in [0.2, 0.25) is 0 Å². The first-order chi connectivity index (χ1) is 7.20. The zero-order valence-electron chi connectivity index (χ0n) is 9.47. The van der Waals surface area contributed by atoms with Gasteiger partial charge in [-0.05, 0) is 13.3 Å². The van der Waals surface area contributed by atoms with Crippen molar-refractivity contribution < 1.29 is 14.3 Å². The summed E-state index contributed by atoms with van der Waals surface area (Å²) >= 11 is 0. The maximum atomic E-state index is 11.1. The van der Waals surface area contributed by atoms with Gasteiger partial charge in [-0.2, -0.15) is 0 Å². The van der Waals surface area contributed by atoms with Gasteiger partial charge < -0.3 is 15.4 Å². The smallest absolute Gasteiger partial charge is 0.307 e. The Morgan fingerprint density at radius 3 is 2.53 bits per heavy atom. The molecule has 0 aromatic carbocycles. The summed E-state index contributed by atoms with van der Waals surface area (Å²) in [6, 6.07) is 0. The van der Waals surface area contributed by atoms with Crippen molar-refractivity contribution >= 4 is 11.9 Å². The molecule has 0 spiro atoms. The summed E-state index contributed by atoms with van der Waals surface area (Å²) in [6.45, 7) is 5.57. The molecule has 0 unspecified atom stereocenters. The molecular weight excluding hydrogens is 196 g/mol. The lowest BCUT2D eigenvalue weighted by atomic mass is 10.4. The average Bonchev–Trinajstić information content (AvgIpc) is 2.22. The topological polar surface area (TPSA) is 67.4 Å². The fraction of sp³-hybridized carbons (Fsp3) is 0.800. The molecule has 15 heavy (non-hydrogen) atoms. The van der Waals surface area contributed by atoms with Crippen LogP contribution < -0.4 is 10.6 Å². The number of hydrogen-bond acceptors (Lipinski definition) is 4. The van der Waals surface area contributed by atoms with Crippen LogP contribution in [0.15, 0.2) is 0 Å². The van der Waals surface area contributed by atoms with Crippen LogP contribution in [0.4, 0.5) is 0 Å². The van der Waals surface area contributed by atoms with E-state index in [1.165, 1.54) is 0 Å². The summed E-state index contributed by atoms with van der Waals surface area (Å²) in [5, 5.41) is 5.60. The van der Waals surface area contributed by atoms with Crippen molar-refractivity contribution in [3.63, 3.8) is 0 Å². The molecule has 0 aliphatic carbocycles. The maximum absolute atomic E-state index is 11.1. The first-order valence-electron chi connectivity index (χ1n) is 5.33. The zero-order valence-corrected chi connectivity index (χ0v) is 9.47. The summed E-state index contributed by atoms with van der Waals surface area (Å²) < 4.78 is 4.73. The summed E-state index contributed by atoms with van der Waals surface area (Å²) in [6.07, 6.45) is 1.23. The lowest BCUT2D eigenvalue weighted by Crippen LogP contribution is -2.35. The monoisotopic (exact) mass is 216 g/mol. The number of carbonyl (C=O) groups is 2. The van der Waals surface area contributed by atoms with E-state index < -0.39 is 0 Å². The predicted molar refractivity (Wildman–Crippen MR) is 57.4 cm³/mol. The van der Waals surface area contributed by atoms with Crippen LogP contribution in [0.3, 0.4) is 0 Å². The second-order valence-corrected chi connectivity index (χ2v) is 3.08. The van der Waals surface area contributed by atoms with Gasteiger partial charge in [-0.3, -0.25) is 9.59 Å². The minimum atomic E-state index is -0.237. The van der Waals surface area contributed by atoms with Gasteiger partial charge >= 0.3 is 5.97 Å². The van der Waals surface area contributed by atoms with Crippen molar-refractivity contribution in [3.05, 3.63) is 0 Å². The van der Waals surface area contributed by atoms with Crippen LogP contribution in [0.5, 0.6) is 0 Å². The summed E-state index contributed by atoms with van der Waals surface area (Å²) in [4.78, 5) is 22.0. The molecule has 88 valence electrons. The predicted octanol–water partition coefficient (Wildman–Crippen LogP) is 0.0554. The van der Waals surface area contributed by atoms with E-state index in [0.717, 1.165) is 6.42 Å². The molecule has 5 nitrogen and oxygen atoms in total. The van der Waals surface area contributed by atoms with Crippen molar-refractivity contribution in [1.82, 2.24) is 10.6 Å². The molecule has 5 heteroatoms. The molecule has 2 N–H and O–H groups in total. The number of rotatable bonds is 8. The number of ether oxygens (including phenoxy) is 1. The number of hydrogen-bond donors (Lipinski definition) is 2. The normalized spacial score (nSPS) is 9.73. The molecule has 0 saturated heterocycles. The Bertz CT molecular complexity index is 195. The lowest BCUT2D eigenvalue weighted by molar-refractivity contribution is -0.143. The van der Waals surface area contributed by atoms with Gasteiger partial charge in [0.1, 0.15) is 0 Å². The third-order valence-corrected chi connectivity index (χ3v) is 1.67. The fourth-order valence-electron chi connectivity index (χ4n) is 0.952. The highest BCUT2D eigenvalue weighted by Crippen LogP contribution is 1.83. The van der Waals surface area contributed by atoms with Crippen molar-refractivity contribution in [2.45, 2.75) is 26.7 Å². The second-order valence-electron chi connectivity index (χ2n) is 3.08. The van der Waals surface area contributed by atoms with Gasteiger partial charge in [0, 0.05) is 13.1 Å². The van der Waals surface area contributed by atoms with E-state index in [1.807, 2.05) is 6.92 Å². The van der Waals surface area contributed by atoms with Crippen LogP contribution in [-0.2, 0) is 14.3 Å². The lowest BCUT2D eigenvalue weighted by Gasteiger charge is -2.05. The Morgan fingerprint density at radius 2 is 1.93 bits per heavy atom. The van der Waals surface area contributed by atoms with Gasteiger partial charge in [0.2, 0.25) is 5.91 Å². The zero-order chi connectivity index (χ0) is 11.5. The molecule has 0 bridgehead atoms. The van der Waals surface area contributed by atoms with Crippen molar-refractivity contribution in [3.8, 4) is 0 Å². The van der Waals surface area contributed by atoms with Gasteiger partial charge in [0.15, 0.2) is 0 Å². The Kier molecular flexibility index (Phi) is 8.76. The Labute approximate surface area is 90.6 Å². The molecule has 0 aliphatic heterocycles. The largest absolute Gasteiger partial charge is 0.466 e. The number of esters is 1. The molecule has 0 rings (SSSR count). The molecule has 0 aromatic heterocycles. The van der Waals surface area contributed by atoms with Gasteiger partial charge in [-0.25, -0.2) is 0 Å². The van der Waals surface area contributed by atoms with Crippen molar-refractivity contribution in [1.29, 1.82) is 0 Å². The molecule has 0 aromatic rings. The van der Waals surface area contributed by atoms with E-state index in [2.05, 4.69) is 10.6 Å². The molecule has 0 fully saturated rings. The second kappa shape index (κ2) is 9.45. The number of carbonyl (C=O) groups excluding carboxylic acids is 2. The molecule has 0 radical (unpaired) electrons. The third-order valence-electron chi connectivity index (χ3n) is 1.67. The quantitative estimate of drug-likeness (QED) is 0.444. The number of nitrogens with one attached hydrogen (secondary N) is 2. The van der Waals surface area contributed by atoms with E-state index in [9.17, 15) is 9.59 Å². The first kappa shape index (κ1) is 13.9. The Morgan fingerprint density at radius 1 is 1.20 bits per heavy atom.